The molecule has 1 aliphatic rings. The summed E-state index contributed by atoms with van der Waals surface area (Å²) in [5, 5.41) is 3.79. The molecule has 0 radical (unpaired) electrons. The van der Waals surface area contributed by atoms with Crippen molar-refractivity contribution in [3.63, 3.8) is 0 Å². The summed E-state index contributed by atoms with van der Waals surface area (Å²) in [4.78, 5) is 0. The first-order chi connectivity index (χ1) is 8.24. The normalized spacial score (nSPS) is 24.8. The van der Waals surface area contributed by atoms with E-state index in [-0.39, 0.29) is 5.82 Å². The number of alkyl halides is 1. The fraction of sp³-hybridized carbons (Fsp3) is 0.571. The van der Waals surface area contributed by atoms with E-state index in [1.165, 1.54) is 25.0 Å². The van der Waals surface area contributed by atoms with E-state index in [9.17, 15) is 4.39 Å². The summed E-state index contributed by atoms with van der Waals surface area (Å²) in [6, 6.07) is 6.67. The molecule has 1 aromatic rings. The number of nitrogens with one attached hydrogen (secondary N) is 1. The van der Waals surface area contributed by atoms with Crippen molar-refractivity contribution in [2.45, 2.75) is 37.6 Å². The molecule has 2 rings (SSSR count). The van der Waals surface area contributed by atoms with Gasteiger partial charge in [-0.1, -0.05) is 18.6 Å². The van der Waals surface area contributed by atoms with Crippen LogP contribution < -0.4 is 5.32 Å². The molecular weight excluding hydrogens is 237 g/mol. The van der Waals surface area contributed by atoms with Gasteiger partial charge in [0, 0.05) is 11.9 Å². The number of hydrogen-bond acceptors (Lipinski definition) is 1. The maximum atomic E-state index is 12.7. The fourth-order valence-electron chi connectivity index (χ4n) is 2.43. The zero-order valence-electron chi connectivity index (χ0n) is 9.96. The molecule has 0 saturated heterocycles. The molecule has 0 amide bonds. The Hall–Kier alpha value is -0.600. The number of hydrogen-bond donors (Lipinski definition) is 1. The summed E-state index contributed by atoms with van der Waals surface area (Å²) in [6.45, 7) is 1.82. The van der Waals surface area contributed by atoms with Gasteiger partial charge in [-0.3, -0.25) is 0 Å². The van der Waals surface area contributed by atoms with Crippen LogP contribution in [0, 0.1) is 11.7 Å². The van der Waals surface area contributed by atoms with Gasteiger partial charge in [0.15, 0.2) is 0 Å². The smallest absolute Gasteiger partial charge is 0.123 e. The first-order valence-electron chi connectivity index (χ1n) is 6.33. The number of halogens is 2. The SMILES string of the molecule is Fc1ccc(CNCC2CCCC(Cl)C2)cc1. The quantitative estimate of drug-likeness (QED) is 0.809. The monoisotopic (exact) mass is 255 g/mol. The van der Waals surface area contributed by atoms with E-state index in [1.54, 1.807) is 0 Å². The van der Waals surface area contributed by atoms with E-state index in [0.717, 1.165) is 31.5 Å². The van der Waals surface area contributed by atoms with Crippen LogP contribution in [0.15, 0.2) is 24.3 Å². The molecule has 17 heavy (non-hydrogen) atoms. The van der Waals surface area contributed by atoms with E-state index in [0.29, 0.717) is 11.3 Å². The maximum Gasteiger partial charge on any atom is 0.123 e. The predicted octanol–water partition coefficient (Wildman–Crippen LogP) is 3.71. The highest BCUT2D eigenvalue weighted by atomic mass is 35.5. The maximum absolute atomic E-state index is 12.7. The third kappa shape index (κ3) is 4.29. The molecular formula is C14H19ClFN. The van der Waals surface area contributed by atoms with E-state index in [1.807, 2.05) is 12.1 Å². The van der Waals surface area contributed by atoms with Gasteiger partial charge in [0.2, 0.25) is 0 Å². The molecule has 2 atom stereocenters. The second-order valence-corrected chi connectivity index (χ2v) is 5.50. The van der Waals surface area contributed by atoms with Crippen LogP contribution >= 0.6 is 11.6 Å². The summed E-state index contributed by atoms with van der Waals surface area (Å²) in [6.07, 6.45) is 4.81. The van der Waals surface area contributed by atoms with Crippen molar-refractivity contribution in [3.05, 3.63) is 35.6 Å². The van der Waals surface area contributed by atoms with Crippen molar-refractivity contribution < 1.29 is 4.39 Å². The molecule has 3 heteroatoms. The van der Waals surface area contributed by atoms with Crippen LogP contribution in [-0.2, 0) is 6.54 Å². The fourth-order valence-corrected chi connectivity index (χ4v) is 2.84. The average molecular weight is 256 g/mol. The second-order valence-electron chi connectivity index (χ2n) is 4.89. The van der Waals surface area contributed by atoms with E-state index >= 15 is 0 Å². The molecule has 1 aliphatic carbocycles. The van der Waals surface area contributed by atoms with Gasteiger partial charge in [0.25, 0.3) is 0 Å². The zero-order valence-corrected chi connectivity index (χ0v) is 10.7. The molecule has 2 unspecified atom stereocenters. The summed E-state index contributed by atoms with van der Waals surface area (Å²) >= 11 is 6.16. The first-order valence-corrected chi connectivity index (χ1v) is 6.77. The van der Waals surface area contributed by atoms with Gasteiger partial charge < -0.3 is 5.32 Å². The van der Waals surface area contributed by atoms with Gasteiger partial charge >= 0.3 is 0 Å². The predicted molar refractivity (Wildman–Crippen MR) is 69.7 cm³/mol. The average Bonchev–Trinajstić information content (AvgIpc) is 2.32. The van der Waals surface area contributed by atoms with Crippen molar-refractivity contribution in [2.75, 3.05) is 6.54 Å². The molecule has 94 valence electrons. The molecule has 0 aliphatic heterocycles. The highest BCUT2D eigenvalue weighted by Crippen LogP contribution is 2.27. The highest BCUT2D eigenvalue weighted by Gasteiger charge is 2.19. The van der Waals surface area contributed by atoms with Crippen molar-refractivity contribution in [2.24, 2.45) is 5.92 Å². The van der Waals surface area contributed by atoms with Gasteiger partial charge in [0.1, 0.15) is 5.82 Å². The van der Waals surface area contributed by atoms with Gasteiger partial charge in [-0.15, -0.1) is 11.6 Å². The molecule has 0 heterocycles. The lowest BCUT2D eigenvalue weighted by Gasteiger charge is -2.25. The minimum atomic E-state index is -0.175. The summed E-state index contributed by atoms with van der Waals surface area (Å²) < 4.78 is 12.7. The highest BCUT2D eigenvalue weighted by molar-refractivity contribution is 6.20. The van der Waals surface area contributed by atoms with Crippen LogP contribution in [0.4, 0.5) is 4.39 Å². The van der Waals surface area contributed by atoms with Crippen molar-refractivity contribution in [3.8, 4) is 0 Å². The van der Waals surface area contributed by atoms with Crippen LogP contribution in [-0.4, -0.2) is 11.9 Å². The van der Waals surface area contributed by atoms with E-state index in [2.05, 4.69) is 5.32 Å². The molecule has 1 fully saturated rings. The molecule has 1 nitrogen and oxygen atoms in total. The zero-order chi connectivity index (χ0) is 12.1. The van der Waals surface area contributed by atoms with Crippen LogP contribution in [0.5, 0.6) is 0 Å². The van der Waals surface area contributed by atoms with Crippen LogP contribution in [0.2, 0.25) is 0 Å². The second kappa shape index (κ2) is 6.36. The third-order valence-corrected chi connectivity index (χ3v) is 3.79. The molecule has 1 N–H and O–H groups in total. The first kappa shape index (κ1) is 12.8. The van der Waals surface area contributed by atoms with Gasteiger partial charge in [-0.05, 0) is 49.4 Å². The minimum Gasteiger partial charge on any atom is -0.312 e. The third-order valence-electron chi connectivity index (χ3n) is 3.39. The van der Waals surface area contributed by atoms with E-state index < -0.39 is 0 Å². The Bertz CT molecular complexity index is 339. The molecule has 1 saturated carbocycles. The minimum absolute atomic E-state index is 0.175. The molecule has 1 aromatic carbocycles. The topological polar surface area (TPSA) is 12.0 Å². The molecule has 0 bridgehead atoms. The standard InChI is InChI=1S/C14H19ClFN/c15-13-3-1-2-12(8-13)10-17-9-11-4-6-14(16)7-5-11/h4-7,12-13,17H,1-3,8-10H2. The van der Waals surface area contributed by atoms with E-state index in [4.69, 9.17) is 11.6 Å². The Morgan fingerprint density at radius 1 is 1.24 bits per heavy atom. The Morgan fingerprint density at radius 3 is 2.71 bits per heavy atom. The lowest BCUT2D eigenvalue weighted by atomic mass is 9.89. The van der Waals surface area contributed by atoms with Gasteiger partial charge in [-0.2, -0.15) is 0 Å². The number of rotatable bonds is 4. The summed E-state index contributed by atoms with van der Waals surface area (Å²) in [5.41, 5.74) is 1.13. The number of benzene rings is 1. The summed E-state index contributed by atoms with van der Waals surface area (Å²) in [7, 11) is 0. The van der Waals surface area contributed by atoms with Crippen LogP contribution in [0.3, 0.4) is 0 Å². The Balaban J connectivity index is 1.70. The lowest BCUT2D eigenvalue weighted by molar-refractivity contribution is 0.346. The van der Waals surface area contributed by atoms with Crippen molar-refractivity contribution in [1.29, 1.82) is 0 Å². The molecule has 0 aromatic heterocycles. The van der Waals surface area contributed by atoms with Crippen LogP contribution in [0.25, 0.3) is 0 Å². The Kier molecular flexibility index (Phi) is 4.81. The Labute approximate surface area is 107 Å². The largest absolute Gasteiger partial charge is 0.312 e. The molecule has 0 spiro atoms. The lowest BCUT2D eigenvalue weighted by Crippen LogP contribution is -2.27. The summed E-state index contributed by atoms with van der Waals surface area (Å²) in [5.74, 6) is 0.526. The van der Waals surface area contributed by atoms with Crippen molar-refractivity contribution in [1.82, 2.24) is 5.32 Å². The van der Waals surface area contributed by atoms with Gasteiger partial charge in [0.05, 0.1) is 0 Å². The van der Waals surface area contributed by atoms with Crippen molar-refractivity contribution >= 4 is 11.6 Å². The van der Waals surface area contributed by atoms with Gasteiger partial charge in [-0.25, -0.2) is 4.39 Å². The Morgan fingerprint density at radius 2 is 2.00 bits per heavy atom. The van der Waals surface area contributed by atoms with Crippen LogP contribution in [0.1, 0.15) is 31.2 Å².